The molecule has 0 rings (SSSR count). The molecule has 0 bridgehead atoms. The Morgan fingerprint density at radius 2 is 2.09 bits per heavy atom. The number of hydrogen-bond donors (Lipinski definition) is 1. The van der Waals surface area contributed by atoms with Gasteiger partial charge in [-0.1, -0.05) is 13.5 Å². The van der Waals surface area contributed by atoms with Crippen molar-refractivity contribution < 1.29 is 19.4 Å². The number of aliphatic carboxylic acids is 1. The first-order valence-corrected chi connectivity index (χ1v) is 3.19. The van der Waals surface area contributed by atoms with Crippen LogP contribution in [0.1, 0.15) is 13.3 Å². The van der Waals surface area contributed by atoms with E-state index in [-0.39, 0.29) is 6.61 Å². The van der Waals surface area contributed by atoms with E-state index in [1.165, 1.54) is 0 Å². The van der Waals surface area contributed by atoms with E-state index in [9.17, 15) is 9.59 Å². The zero-order chi connectivity index (χ0) is 8.85. The largest absolute Gasteiger partial charge is 0.477 e. The van der Waals surface area contributed by atoms with E-state index in [0.29, 0.717) is 6.42 Å². The summed E-state index contributed by atoms with van der Waals surface area (Å²) in [6, 6.07) is 0. The zero-order valence-corrected chi connectivity index (χ0v) is 6.29. The summed E-state index contributed by atoms with van der Waals surface area (Å²) in [4.78, 5) is 20.7. The van der Waals surface area contributed by atoms with Gasteiger partial charge in [0.2, 0.25) is 0 Å². The lowest BCUT2D eigenvalue weighted by atomic mass is 10.3. The first kappa shape index (κ1) is 9.68. The van der Waals surface area contributed by atoms with Crippen LogP contribution in [0, 0.1) is 0 Å². The minimum absolute atomic E-state index is 0.227. The predicted molar refractivity (Wildman–Crippen MR) is 38.0 cm³/mol. The maximum absolute atomic E-state index is 10.6. The fraction of sp³-hybridized carbons (Fsp3) is 0.429. The molecule has 0 amide bonds. The smallest absolute Gasteiger partial charge is 0.344 e. The Morgan fingerprint density at radius 3 is 2.45 bits per heavy atom. The van der Waals surface area contributed by atoms with Crippen molar-refractivity contribution in [3.63, 3.8) is 0 Å². The summed E-state index contributed by atoms with van der Waals surface area (Å²) in [5, 5.41) is 8.25. The van der Waals surface area contributed by atoms with Gasteiger partial charge >= 0.3 is 11.9 Å². The topological polar surface area (TPSA) is 63.6 Å². The number of esters is 1. The Labute approximate surface area is 64.5 Å². The summed E-state index contributed by atoms with van der Waals surface area (Å²) < 4.78 is 4.49. The molecule has 11 heavy (non-hydrogen) atoms. The Bertz CT molecular complexity index is 183. The van der Waals surface area contributed by atoms with Crippen LogP contribution in [0.4, 0.5) is 0 Å². The van der Waals surface area contributed by atoms with Crippen LogP contribution in [0.15, 0.2) is 12.2 Å². The maximum Gasteiger partial charge on any atom is 0.344 e. The second kappa shape index (κ2) is 4.49. The summed E-state index contributed by atoms with van der Waals surface area (Å²) in [6.45, 7) is 5.08. The maximum atomic E-state index is 10.6. The number of ether oxygens (including phenoxy) is 1. The van der Waals surface area contributed by atoms with Crippen molar-refractivity contribution >= 4 is 11.9 Å². The minimum Gasteiger partial charge on any atom is -0.477 e. The first-order valence-electron chi connectivity index (χ1n) is 3.19. The van der Waals surface area contributed by atoms with E-state index in [0.717, 1.165) is 0 Å². The molecule has 0 saturated heterocycles. The molecule has 0 fully saturated rings. The zero-order valence-electron chi connectivity index (χ0n) is 6.29. The molecule has 0 aliphatic carbocycles. The van der Waals surface area contributed by atoms with E-state index in [1.807, 2.05) is 6.92 Å². The molecule has 4 heteroatoms. The van der Waals surface area contributed by atoms with Crippen molar-refractivity contribution in [3.8, 4) is 0 Å². The molecule has 0 unspecified atom stereocenters. The molecule has 0 spiro atoms. The highest BCUT2D eigenvalue weighted by molar-refractivity contribution is 6.12. The van der Waals surface area contributed by atoms with E-state index in [4.69, 9.17) is 5.11 Å². The number of carboxylic acid groups (broad SMARTS) is 1. The predicted octanol–water partition coefficient (Wildman–Crippen LogP) is 0.580. The number of rotatable bonds is 4. The average Bonchev–Trinajstić information content (AvgIpc) is 1.98. The van der Waals surface area contributed by atoms with E-state index in [2.05, 4.69) is 11.3 Å². The van der Waals surface area contributed by atoms with Gasteiger partial charge in [-0.15, -0.1) is 0 Å². The van der Waals surface area contributed by atoms with Crippen LogP contribution in [0.3, 0.4) is 0 Å². The van der Waals surface area contributed by atoms with Gasteiger partial charge in [0.25, 0.3) is 0 Å². The van der Waals surface area contributed by atoms with Crippen LogP contribution in [0.5, 0.6) is 0 Å². The highest BCUT2D eigenvalue weighted by Gasteiger charge is 2.14. The van der Waals surface area contributed by atoms with Crippen molar-refractivity contribution in [1.82, 2.24) is 0 Å². The summed E-state index contributed by atoms with van der Waals surface area (Å²) in [5.41, 5.74) is -0.529. The number of carbonyl (C=O) groups is 2. The van der Waals surface area contributed by atoms with E-state index in [1.54, 1.807) is 0 Å². The Kier molecular flexibility index (Phi) is 3.95. The molecule has 0 atom stereocenters. The van der Waals surface area contributed by atoms with Gasteiger partial charge in [-0.3, -0.25) is 0 Å². The lowest BCUT2D eigenvalue weighted by molar-refractivity contribution is -0.144. The third kappa shape index (κ3) is 3.40. The van der Waals surface area contributed by atoms with Gasteiger partial charge in [-0.25, -0.2) is 9.59 Å². The summed E-state index contributed by atoms with van der Waals surface area (Å²) in [5.74, 6) is -2.20. The Hall–Kier alpha value is -1.32. The van der Waals surface area contributed by atoms with Gasteiger partial charge < -0.3 is 9.84 Å². The van der Waals surface area contributed by atoms with Crippen LogP contribution in [0.25, 0.3) is 0 Å². The third-order valence-corrected chi connectivity index (χ3v) is 0.942. The molecule has 4 nitrogen and oxygen atoms in total. The molecule has 0 heterocycles. The van der Waals surface area contributed by atoms with Gasteiger partial charge in [0.05, 0.1) is 6.61 Å². The fourth-order valence-electron chi connectivity index (χ4n) is 0.369. The summed E-state index contributed by atoms with van der Waals surface area (Å²) in [6.07, 6.45) is 0.665. The lowest BCUT2D eigenvalue weighted by Gasteiger charge is -2.00. The van der Waals surface area contributed by atoms with Gasteiger partial charge in [-0.2, -0.15) is 0 Å². The lowest BCUT2D eigenvalue weighted by Crippen LogP contribution is -2.14. The number of hydrogen-bond acceptors (Lipinski definition) is 3. The number of carbonyl (C=O) groups excluding carboxylic acids is 1. The van der Waals surface area contributed by atoms with E-state index >= 15 is 0 Å². The summed E-state index contributed by atoms with van der Waals surface area (Å²) >= 11 is 0. The molecular formula is C7H10O4. The molecule has 0 aromatic rings. The Morgan fingerprint density at radius 1 is 1.55 bits per heavy atom. The van der Waals surface area contributed by atoms with Crippen molar-refractivity contribution in [2.24, 2.45) is 0 Å². The quantitative estimate of drug-likeness (QED) is 0.281. The minimum atomic E-state index is -1.34. The van der Waals surface area contributed by atoms with Crippen molar-refractivity contribution in [1.29, 1.82) is 0 Å². The fourth-order valence-corrected chi connectivity index (χ4v) is 0.369. The highest BCUT2D eigenvalue weighted by Crippen LogP contribution is 1.94. The monoisotopic (exact) mass is 158 g/mol. The second-order valence-electron chi connectivity index (χ2n) is 1.92. The molecule has 62 valence electrons. The van der Waals surface area contributed by atoms with Crippen LogP contribution in [0.2, 0.25) is 0 Å². The van der Waals surface area contributed by atoms with Crippen molar-refractivity contribution in [2.75, 3.05) is 6.61 Å². The molecule has 0 aromatic heterocycles. The standard InChI is InChI=1S/C7H10O4/c1-3-4-11-7(10)5(2)6(8)9/h2-4H2,1H3,(H,8,9). The van der Waals surface area contributed by atoms with Crippen LogP contribution in [-0.2, 0) is 14.3 Å². The van der Waals surface area contributed by atoms with Gasteiger partial charge in [0.1, 0.15) is 5.57 Å². The van der Waals surface area contributed by atoms with Crippen LogP contribution < -0.4 is 0 Å². The van der Waals surface area contributed by atoms with Gasteiger partial charge in [0, 0.05) is 0 Å². The molecule has 0 radical (unpaired) electrons. The second-order valence-corrected chi connectivity index (χ2v) is 1.92. The van der Waals surface area contributed by atoms with Crippen molar-refractivity contribution in [3.05, 3.63) is 12.2 Å². The van der Waals surface area contributed by atoms with Gasteiger partial charge in [0.15, 0.2) is 0 Å². The SMILES string of the molecule is C=C(C(=O)O)C(=O)OCCC. The summed E-state index contributed by atoms with van der Waals surface area (Å²) in [7, 11) is 0. The first-order chi connectivity index (χ1) is 5.09. The highest BCUT2D eigenvalue weighted by atomic mass is 16.5. The Balaban J connectivity index is 3.84. The van der Waals surface area contributed by atoms with Gasteiger partial charge in [-0.05, 0) is 6.42 Å². The van der Waals surface area contributed by atoms with Crippen LogP contribution >= 0.6 is 0 Å². The molecule has 0 saturated carbocycles. The average molecular weight is 158 g/mol. The molecule has 1 N–H and O–H groups in total. The van der Waals surface area contributed by atoms with Crippen molar-refractivity contribution in [2.45, 2.75) is 13.3 Å². The molecule has 0 aliphatic rings. The third-order valence-electron chi connectivity index (χ3n) is 0.942. The normalized spacial score (nSPS) is 8.82. The molecule has 0 aromatic carbocycles. The number of carboxylic acids is 1. The molecular weight excluding hydrogens is 148 g/mol. The van der Waals surface area contributed by atoms with Crippen LogP contribution in [-0.4, -0.2) is 23.7 Å². The molecule has 0 aliphatic heterocycles. The van der Waals surface area contributed by atoms with E-state index < -0.39 is 17.5 Å².